The van der Waals surface area contributed by atoms with Crippen molar-refractivity contribution in [2.24, 2.45) is 11.7 Å². The van der Waals surface area contributed by atoms with Crippen LogP contribution in [0.4, 0.5) is 0 Å². The first-order valence-electron chi connectivity index (χ1n) is 7.19. The van der Waals surface area contributed by atoms with Crippen molar-refractivity contribution in [2.45, 2.75) is 51.6 Å². The summed E-state index contributed by atoms with van der Waals surface area (Å²) in [6, 6.07) is 0. The van der Waals surface area contributed by atoms with E-state index in [4.69, 9.17) is 10.5 Å². The molecule has 0 aromatic heterocycles. The number of amides is 1. The van der Waals surface area contributed by atoms with Crippen molar-refractivity contribution < 1.29 is 9.53 Å². The quantitative estimate of drug-likeness (QED) is 0.706. The summed E-state index contributed by atoms with van der Waals surface area (Å²) in [5, 5.41) is 0. The van der Waals surface area contributed by atoms with Crippen molar-refractivity contribution in [1.82, 2.24) is 4.90 Å². The van der Waals surface area contributed by atoms with Crippen LogP contribution in [-0.4, -0.2) is 43.7 Å². The van der Waals surface area contributed by atoms with Crippen LogP contribution in [0.3, 0.4) is 0 Å². The zero-order valence-corrected chi connectivity index (χ0v) is 11.9. The Kier molecular flexibility index (Phi) is 7.28. The molecule has 1 heterocycles. The molecule has 18 heavy (non-hydrogen) atoms. The third-order valence-corrected chi connectivity index (χ3v) is 3.89. The molecule has 1 rings (SSSR count). The van der Waals surface area contributed by atoms with Crippen LogP contribution < -0.4 is 5.73 Å². The SMILES string of the molecule is COC1CN(C(=O)CCCCCCN)CCC1C. The van der Waals surface area contributed by atoms with Gasteiger partial charge in [0.05, 0.1) is 6.10 Å². The molecule has 106 valence electrons. The smallest absolute Gasteiger partial charge is 0.222 e. The Hall–Kier alpha value is -0.610. The third-order valence-electron chi connectivity index (χ3n) is 3.89. The highest BCUT2D eigenvalue weighted by Gasteiger charge is 2.28. The monoisotopic (exact) mass is 256 g/mol. The highest BCUT2D eigenvalue weighted by molar-refractivity contribution is 5.76. The summed E-state index contributed by atoms with van der Waals surface area (Å²) in [5.41, 5.74) is 5.44. The molecule has 1 fully saturated rings. The van der Waals surface area contributed by atoms with E-state index >= 15 is 0 Å². The van der Waals surface area contributed by atoms with Gasteiger partial charge in [0.15, 0.2) is 0 Å². The summed E-state index contributed by atoms with van der Waals surface area (Å²) >= 11 is 0. The van der Waals surface area contributed by atoms with Gasteiger partial charge < -0.3 is 15.4 Å². The second-order valence-electron chi connectivity index (χ2n) is 5.33. The Bertz CT molecular complexity index is 246. The van der Waals surface area contributed by atoms with E-state index in [0.29, 0.717) is 12.3 Å². The molecule has 2 atom stereocenters. The molecule has 1 amide bonds. The minimum Gasteiger partial charge on any atom is -0.379 e. The van der Waals surface area contributed by atoms with Gasteiger partial charge in [0.1, 0.15) is 0 Å². The predicted molar refractivity (Wildman–Crippen MR) is 73.3 cm³/mol. The topological polar surface area (TPSA) is 55.6 Å². The maximum absolute atomic E-state index is 12.0. The fourth-order valence-corrected chi connectivity index (χ4v) is 2.50. The molecule has 1 saturated heterocycles. The fourth-order valence-electron chi connectivity index (χ4n) is 2.50. The van der Waals surface area contributed by atoms with Gasteiger partial charge >= 0.3 is 0 Å². The lowest BCUT2D eigenvalue weighted by molar-refractivity contribution is -0.136. The van der Waals surface area contributed by atoms with E-state index < -0.39 is 0 Å². The minimum atomic E-state index is 0.208. The van der Waals surface area contributed by atoms with Crippen molar-refractivity contribution in [1.29, 1.82) is 0 Å². The van der Waals surface area contributed by atoms with Gasteiger partial charge in [0, 0.05) is 26.6 Å². The standard InChI is InChI=1S/C14H28N2O2/c1-12-8-10-16(11-13(12)18-2)14(17)7-5-3-4-6-9-15/h12-13H,3-11,15H2,1-2H3. The normalized spacial score (nSPS) is 24.3. The number of nitrogens with zero attached hydrogens (tertiary/aromatic N) is 1. The van der Waals surface area contributed by atoms with Crippen molar-refractivity contribution in [3.63, 3.8) is 0 Å². The molecular formula is C14H28N2O2. The number of hydrogen-bond acceptors (Lipinski definition) is 3. The maximum Gasteiger partial charge on any atom is 0.222 e. The highest BCUT2D eigenvalue weighted by Crippen LogP contribution is 2.20. The van der Waals surface area contributed by atoms with Gasteiger partial charge in [-0.1, -0.05) is 19.8 Å². The highest BCUT2D eigenvalue weighted by atomic mass is 16.5. The molecule has 2 N–H and O–H groups in total. The molecule has 4 heteroatoms. The molecule has 2 unspecified atom stereocenters. The number of unbranched alkanes of at least 4 members (excludes halogenated alkanes) is 3. The van der Waals surface area contributed by atoms with Gasteiger partial charge in [-0.15, -0.1) is 0 Å². The van der Waals surface area contributed by atoms with Crippen LogP contribution in [0.15, 0.2) is 0 Å². The summed E-state index contributed by atoms with van der Waals surface area (Å²) in [7, 11) is 1.74. The largest absolute Gasteiger partial charge is 0.379 e. The Morgan fingerprint density at radius 3 is 2.72 bits per heavy atom. The van der Waals surface area contributed by atoms with E-state index in [2.05, 4.69) is 6.92 Å². The van der Waals surface area contributed by atoms with Gasteiger partial charge in [-0.2, -0.15) is 0 Å². The molecule has 0 aromatic rings. The minimum absolute atomic E-state index is 0.208. The third kappa shape index (κ3) is 4.94. The van der Waals surface area contributed by atoms with Gasteiger partial charge in [-0.3, -0.25) is 4.79 Å². The van der Waals surface area contributed by atoms with E-state index in [1.807, 2.05) is 4.90 Å². The van der Waals surface area contributed by atoms with Gasteiger partial charge in [-0.05, 0) is 31.7 Å². The van der Waals surface area contributed by atoms with E-state index in [1.54, 1.807) is 7.11 Å². The number of ether oxygens (including phenoxy) is 1. The number of carbonyl (C=O) groups excluding carboxylic acids is 1. The molecule has 0 radical (unpaired) electrons. The first-order chi connectivity index (χ1) is 8.69. The molecule has 0 aromatic carbocycles. The Balaban J connectivity index is 2.21. The van der Waals surface area contributed by atoms with Crippen LogP contribution in [0.1, 0.15) is 45.4 Å². The number of nitrogens with two attached hydrogens (primary N) is 1. The number of carbonyl (C=O) groups is 1. The number of piperidine rings is 1. The van der Waals surface area contributed by atoms with Crippen LogP contribution in [-0.2, 0) is 9.53 Å². The summed E-state index contributed by atoms with van der Waals surface area (Å²) in [6.07, 6.45) is 6.25. The van der Waals surface area contributed by atoms with Crippen molar-refractivity contribution >= 4 is 5.91 Å². The Labute approximate surface area is 111 Å². The van der Waals surface area contributed by atoms with E-state index in [-0.39, 0.29) is 12.0 Å². The zero-order chi connectivity index (χ0) is 13.4. The summed E-state index contributed by atoms with van der Waals surface area (Å²) in [6.45, 7) is 4.61. The van der Waals surface area contributed by atoms with Gasteiger partial charge in [0.2, 0.25) is 5.91 Å². The number of hydrogen-bond donors (Lipinski definition) is 1. The van der Waals surface area contributed by atoms with Crippen LogP contribution >= 0.6 is 0 Å². The van der Waals surface area contributed by atoms with Crippen LogP contribution in [0, 0.1) is 5.92 Å². The lowest BCUT2D eigenvalue weighted by atomic mass is 9.95. The average Bonchev–Trinajstić information content (AvgIpc) is 2.38. The Morgan fingerprint density at radius 2 is 2.06 bits per heavy atom. The molecule has 0 saturated carbocycles. The van der Waals surface area contributed by atoms with Gasteiger partial charge in [0.25, 0.3) is 0 Å². The summed E-state index contributed by atoms with van der Waals surface area (Å²) in [5.74, 6) is 0.848. The van der Waals surface area contributed by atoms with E-state index in [0.717, 1.165) is 51.7 Å². The van der Waals surface area contributed by atoms with Crippen LogP contribution in [0.5, 0.6) is 0 Å². The van der Waals surface area contributed by atoms with E-state index in [9.17, 15) is 4.79 Å². The molecule has 4 nitrogen and oxygen atoms in total. The number of likely N-dealkylation sites (tertiary alicyclic amines) is 1. The first-order valence-corrected chi connectivity index (χ1v) is 7.19. The molecule has 0 aliphatic carbocycles. The summed E-state index contributed by atoms with van der Waals surface area (Å²) in [4.78, 5) is 14.0. The number of methoxy groups -OCH3 is 1. The second-order valence-corrected chi connectivity index (χ2v) is 5.33. The average molecular weight is 256 g/mol. The maximum atomic E-state index is 12.0. The lowest BCUT2D eigenvalue weighted by Crippen LogP contribution is -2.46. The molecule has 1 aliphatic rings. The van der Waals surface area contributed by atoms with E-state index in [1.165, 1.54) is 0 Å². The van der Waals surface area contributed by atoms with Gasteiger partial charge in [-0.25, -0.2) is 0 Å². The summed E-state index contributed by atoms with van der Waals surface area (Å²) < 4.78 is 5.43. The van der Waals surface area contributed by atoms with Crippen LogP contribution in [0.25, 0.3) is 0 Å². The molecule has 0 spiro atoms. The fraction of sp³-hybridized carbons (Fsp3) is 0.929. The molecular weight excluding hydrogens is 228 g/mol. The predicted octanol–water partition coefficient (Wildman–Crippen LogP) is 1.78. The second kappa shape index (κ2) is 8.48. The van der Waals surface area contributed by atoms with Crippen molar-refractivity contribution in [3.8, 4) is 0 Å². The zero-order valence-electron chi connectivity index (χ0n) is 11.9. The Morgan fingerprint density at radius 1 is 1.33 bits per heavy atom. The molecule has 0 bridgehead atoms. The number of rotatable bonds is 7. The van der Waals surface area contributed by atoms with Crippen molar-refractivity contribution in [3.05, 3.63) is 0 Å². The lowest BCUT2D eigenvalue weighted by Gasteiger charge is -2.36. The first kappa shape index (κ1) is 15.4. The molecule has 1 aliphatic heterocycles. The van der Waals surface area contributed by atoms with Crippen molar-refractivity contribution in [2.75, 3.05) is 26.7 Å². The van der Waals surface area contributed by atoms with Crippen LogP contribution in [0.2, 0.25) is 0 Å².